The van der Waals surface area contributed by atoms with E-state index in [1.807, 2.05) is 19.9 Å². The highest BCUT2D eigenvalue weighted by Crippen LogP contribution is 2.40. The maximum absolute atomic E-state index is 6.36. The summed E-state index contributed by atoms with van der Waals surface area (Å²) in [5.74, 6) is 1.85. The molecule has 3 rings (SSSR count). The number of hydrogen-bond acceptors (Lipinski definition) is 2. The van der Waals surface area contributed by atoms with Crippen molar-refractivity contribution in [3.8, 4) is 0 Å². The van der Waals surface area contributed by atoms with Crippen LogP contribution in [0, 0.1) is 12.8 Å². The van der Waals surface area contributed by atoms with Crippen LogP contribution in [0.15, 0.2) is 12.1 Å². The maximum Gasteiger partial charge on any atom is 0.160 e. The number of rotatable bonds is 5. The maximum atomic E-state index is 6.36. The van der Waals surface area contributed by atoms with Gasteiger partial charge in [-0.1, -0.05) is 19.8 Å². The monoisotopic (exact) mass is 291 g/mol. The van der Waals surface area contributed by atoms with Crippen LogP contribution >= 0.6 is 11.6 Å². The molecule has 0 aliphatic heterocycles. The topological polar surface area (TPSA) is 30.7 Å². The molecule has 2 heterocycles. The van der Waals surface area contributed by atoms with E-state index in [1.54, 1.807) is 0 Å². The van der Waals surface area contributed by atoms with E-state index in [1.165, 1.54) is 19.3 Å². The third-order valence-corrected chi connectivity index (χ3v) is 4.39. The first-order chi connectivity index (χ1) is 9.60. The molecule has 0 aromatic carbocycles. The Kier molecular flexibility index (Phi) is 3.72. The largest absolute Gasteiger partial charge is 0.308 e. The summed E-state index contributed by atoms with van der Waals surface area (Å²) in [6, 6.07) is 4.54. The minimum absolute atomic E-state index is 0.0854. The van der Waals surface area contributed by atoms with E-state index in [-0.39, 0.29) is 5.38 Å². The van der Waals surface area contributed by atoms with Gasteiger partial charge in [0.05, 0.1) is 5.38 Å². The zero-order valence-electron chi connectivity index (χ0n) is 12.4. The normalized spacial score (nSPS) is 18.4. The quantitative estimate of drug-likeness (QED) is 0.742. The Morgan fingerprint density at radius 2 is 2.10 bits per heavy atom. The summed E-state index contributed by atoms with van der Waals surface area (Å²) in [4.78, 5) is 9.44. The minimum atomic E-state index is -0.0854. The van der Waals surface area contributed by atoms with Crippen LogP contribution in [0.5, 0.6) is 0 Å². The number of alkyl halides is 1. The standard InChI is InChI=1S/C16H22ClN3/c1-4-13(9-12-6-7-12)20-15(11(3)17)19-14-8-5-10(2)18-16(14)20/h5,8,11-13H,4,6-7,9H2,1-3H3. The molecule has 3 nitrogen and oxygen atoms in total. The molecule has 2 aromatic heterocycles. The van der Waals surface area contributed by atoms with Gasteiger partial charge in [0.15, 0.2) is 5.65 Å². The fourth-order valence-electron chi connectivity index (χ4n) is 2.92. The van der Waals surface area contributed by atoms with E-state index in [0.717, 1.165) is 35.0 Å². The van der Waals surface area contributed by atoms with Gasteiger partial charge in [0.25, 0.3) is 0 Å². The summed E-state index contributed by atoms with van der Waals surface area (Å²) in [5.41, 5.74) is 3.00. The lowest BCUT2D eigenvalue weighted by Crippen LogP contribution is -2.13. The molecule has 2 atom stereocenters. The molecule has 1 fully saturated rings. The van der Waals surface area contributed by atoms with Crippen molar-refractivity contribution in [3.05, 3.63) is 23.7 Å². The van der Waals surface area contributed by atoms with E-state index >= 15 is 0 Å². The number of hydrogen-bond donors (Lipinski definition) is 0. The highest BCUT2D eigenvalue weighted by atomic mass is 35.5. The van der Waals surface area contributed by atoms with E-state index in [2.05, 4.69) is 17.6 Å². The Morgan fingerprint density at radius 3 is 2.70 bits per heavy atom. The summed E-state index contributed by atoms with van der Waals surface area (Å²) in [7, 11) is 0. The van der Waals surface area contributed by atoms with Crippen LogP contribution in [-0.2, 0) is 0 Å². The van der Waals surface area contributed by atoms with Gasteiger partial charge in [-0.25, -0.2) is 9.97 Å². The van der Waals surface area contributed by atoms with Crippen molar-refractivity contribution in [1.82, 2.24) is 14.5 Å². The van der Waals surface area contributed by atoms with Gasteiger partial charge in [0.1, 0.15) is 11.3 Å². The van der Waals surface area contributed by atoms with Gasteiger partial charge < -0.3 is 4.57 Å². The van der Waals surface area contributed by atoms with E-state index in [9.17, 15) is 0 Å². The third-order valence-electron chi connectivity index (χ3n) is 4.20. The molecule has 0 spiro atoms. The number of aryl methyl sites for hydroxylation is 1. The Balaban J connectivity index is 2.12. The molecule has 2 unspecified atom stereocenters. The van der Waals surface area contributed by atoms with Crippen LogP contribution < -0.4 is 0 Å². The smallest absolute Gasteiger partial charge is 0.160 e. The molecule has 0 saturated heterocycles. The number of imidazole rings is 1. The van der Waals surface area contributed by atoms with Crippen molar-refractivity contribution in [2.45, 2.75) is 57.9 Å². The molecule has 2 aromatic rings. The molecule has 0 bridgehead atoms. The first-order valence-electron chi connectivity index (χ1n) is 7.59. The van der Waals surface area contributed by atoms with Gasteiger partial charge >= 0.3 is 0 Å². The molecule has 20 heavy (non-hydrogen) atoms. The van der Waals surface area contributed by atoms with Crippen molar-refractivity contribution < 1.29 is 0 Å². The van der Waals surface area contributed by atoms with E-state index in [0.29, 0.717) is 6.04 Å². The zero-order valence-corrected chi connectivity index (χ0v) is 13.2. The molecule has 4 heteroatoms. The fourth-order valence-corrected chi connectivity index (χ4v) is 3.07. The zero-order chi connectivity index (χ0) is 14.3. The summed E-state index contributed by atoms with van der Waals surface area (Å²) in [6.45, 7) is 6.27. The molecule has 1 aliphatic carbocycles. The number of fused-ring (bicyclic) bond motifs is 1. The average molecular weight is 292 g/mol. The lowest BCUT2D eigenvalue weighted by atomic mass is 10.1. The van der Waals surface area contributed by atoms with Gasteiger partial charge in [-0.15, -0.1) is 11.6 Å². The van der Waals surface area contributed by atoms with Gasteiger partial charge in [-0.2, -0.15) is 0 Å². The second kappa shape index (κ2) is 5.36. The fraction of sp³-hybridized carbons (Fsp3) is 0.625. The van der Waals surface area contributed by atoms with Crippen LogP contribution in [0.25, 0.3) is 11.2 Å². The van der Waals surface area contributed by atoms with Crippen molar-refractivity contribution >= 4 is 22.8 Å². The van der Waals surface area contributed by atoms with Gasteiger partial charge in [-0.3, -0.25) is 0 Å². The van der Waals surface area contributed by atoms with Crippen LogP contribution in [0.2, 0.25) is 0 Å². The predicted octanol–water partition coefficient (Wildman–Crippen LogP) is 4.79. The van der Waals surface area contributed by atoms with E-state index in [4.69, 9.17) is 21.6 Å². The SMILES string of the molecule is CCC(CC1CC1)n1c(C(C)Cl)nc2ccc(C)nc21. The summed E-state index contributed by atoms with van der Waals surface area (Å²) < 4.78 is 2.30. The second-order valence-corrected chi connectivity index (χ2v) is 6.65. The lowest BCUT2D eigenvalue weighted by Gasteiger charge is -2.20. The van der Waals surface area contributed by atoms with Crippen LogP contribution in [0.4, 0.5) is 0 Å². The number of pyridine rings is 1. The number of aromatic nitrogens is 3. The average Bonchev–Trinajstić information content (AvgIpc) is 3.15. The van der Waals surface area contributed by atoms with Crippen LogP contribution in [0.1, 0.15) is 62.5 Å². The van der Waals surface area contributed by atoms with Crippen molar-refractivity contribution in [2.24, 2.45) is 5.92 Å². The summed E-state index contributed by atoms with van der Waals surface area (Å²) >= 11 is 6.36. The lowest BCUT2D eigenvalue weighted by molar-refractivity contribution is 0.423. The van der Waals surface area contributed by atoms with Crippen LogP contribution in [-0.4, -0.2) is 14.5 Å². The predicted molar refractivity (Wildman–Crippen MR) is 83.2 cm³/mol. The first kappa shape index (κ1) is 13.9. The highest BCUT2D eigenvalue weighted by Gasteiger charge is 2.28. The first-order valence-corrected chi connectivity index (χ1v) is 8.03. The molecule has 0 N–H and O–H groups in total. The Hall–Kier alpha value is -1.09. The summed E-state index contributed by atoms with van der Waals surface area (Å²) in [5, 5.41) is -0.0854. The molecule has 0 amide bonds. The van der Waals surface area contributed by atoms with Crippen molar-refractivity contribution in [1.29, 1.82) is 0 Å². The summed E-state index contributed by atoms with van der Waals surface area (Å²) in [6.07, 6.45) is 5.09. The molecule has 0 radical (unpaired) electrons. The number of nitrogens with zero attached hydrogens (tertiary/aromatic N) is 3. The Morgan fingerprint density at radius 1 is 1.35 bits per heavy atom. The molecule has 1 aliphatic rings. The van der Waals surface area contributed by atoms with Crippen LogP contribution in [0.3, 0.4) is 0 Å². The number of halogens is 1. The second-order valence-electron chi connectivity index (χ2n) is 5.99. The van der Waals surface area contributed by atoms with E-state index < -0.39 is 0 Å². The van der Waals surface area contributed by atoms with Gasteiger partial charge in [-0.05, 0) is 44.7 Å². The van der Waals surface area contributed by atoms with Gasteiger partial charge in [0, 0.05) is 11.7 Å². The Bertz CT molecular complexity index is 613. The third kappa shape index (κ3) is 2.56. The molecular weight excluding hydrogens is 270 g/mol. The molecular formula is C16H22ClN3. The highest BCUT2D eigenvalue weighted by molar-refractivity contribution is 6.20. The molecule has 108 valence electrons. The minimum Gasteiger partial charge on any atom is -0.308 e. The van der Waals surface area contributed by atoms with Crippen molar-refractivity contribution in [3.63, 3.8) is 0 Å². The van der Waals surface area contributed by atoms with Gasteiger partial charge in [0.2, 0.25) is 0 Å². The Labute approximate surface area is 125 Å². The molecule has 1 saturated carbocycles. The van der Waals surface area contributed by atoms with Crippen molar-refractivity contribution in [2.75, 3.05) is 0 Å².